The fourth-order valence-electron chi connectivity index (χ4n) is 4.12. The van der Waals surface area contributed by atoms with Crippen molar-refractivity contribution in [3.8, 4) is 5.75 Å². The van der Waals surface area contributed by atoms with Crippen LogP contribution in [0.3, 0.4) is 0 Å². The van der Waals surface area contributed by atoms with Crippen molar-refractivity contribution in [2.24, 2.45) is 0 Å². The maximum atomic E-state index is 13.1. The third-order valence-electron chi connectivity index (χ3n) is 5.76. The lowest BCUT2D eigenvalue weighted by molar-refractivity contribution is -0.0173. The number of carbonyl (C=O) groups excluding carboxylic acids is 1. The molecule has 0 aliphatic carbocycles. The van der Waals surface area contributed by atoms with Gasteiger partial charge in [0.25, 0.3) is 0 Å². The summed E-state index contributed by atoms with van der Waals surface area (Å²) in [6.45, 7) is 2.67. The van der Waals surface area contributed by atoms with E-state index in [1.807, 2.05) is 24.3 Å². The second-order valence-corrected chi connectivity index (χ2v) is 7.47. The number of methoxy groups -OCH3 is 1. The average molecular weight is 369 g/mol. The Morgan fingerprint density at radius 1 is 1.15 bits per heavy atom. The number of fused-ring (bicyclic) bond motifs is 1. The molecule has 27 heavy (non-hydrogen) atoms. The first-order chi connectivity index (χ1) is 13.1. The van der Waals surface area contributed by atoms with Crippen molar-refractivity contribution in [3.63, 3.8) is 0 Å². The first kappa shape index (κ1) is 18.0. The van der Waals surface area contributed by atoms with E-state index in [9.17, 15) is 9.18 Å². The molecule has 4 rings (SSSR count). The highest BCUT2D eigenvalue weighted by Gasteiger charge is 2.40. The van der Waals surface area contributed by atoms with Gasteiger partial charge in [0.05, 0.1) is 7.11 Å². The van der Waals surface area contributed by atoms with Gasteiger partial charge in [-0.05, 0) is 55.0 Å². The van der Waals surface area contributed by atoms with Gasteiger partial charge >= 0.3 is 5.97 Å². The van der Waals surface area contributed by atoms with Crippen molar-refractivity contribution in [1.82, 2.24) is 4.90 Å². The summed E-state index contributed by atoms with van der Waals surface area (Å²) >= 11 is 0. The number of ether oxygens (including phenoxy) is 2. The van der Waals surface area contributed by atoms with Crippen LogP contribution in [0.2, 0.25) is 0 Å². The zero-order valence-electron chi connectivity index (χ0n) is 15.5. The van der Waals surface area contributed by atoms with E-state index in [2.05, 4.69) is 4.90 Å². The Morgan fingerprint density at radius 3 is 2.59 bits per heavy atom. The van der Waals surface area contributed by atoms with E-state index in [-0.39, 0.29) is 17.4 Å². The normalized spacial score (nSPS) is 18.6. The molecule has 0 atom stereocenters. The van der Waals surface area contributed by atoms with Crippen LogP contribution in [0.25, 0.3) is 0 Å². The number of hydrogen-bond donors (Lipinski definition) is 0. The quantitative estimate of drug-likeness (QED) is 0.768. The predicted molar refractivity (Wildman–Crippen MR) is 100 cm³/mol. The Hall–Kier alpha value is -2.40. The van der Waals surface area contributed by atoms with Gasteiger partial charge in [0.2, 0.25) is 0 Å². The highest BCUT2D eigenvalue weighted by atomic mass is 19.1. The maximum Gasteiger partial charge on any atom is 0.341 e. The highest BCUT2D eigenvalue weighted by molar-refractivity contribution is 5.93. The molecule has 142 valence electrons. The van der Waals surface area contributed by atoms with Crippen molar-refractivity contribution in [1.29, 1.82) is 0 Å². The summed E-state index contributed by atoms with van der Waals surface area (Å²) < 4.78 is 24.4. The van der Waals surface area contributed by atoms with Gasteiger partial charge in [0.15, 0.2) is 0 Å². The van der Waals surface area contributed by atoms with Crippen LogP contribution >= 0.6 is 0 Å². The molecule has 0 bridgehead atoms. The van der Waals surface area contributed by atoms with Crippen molar-refractivity contribution in [3.05, 3.63) is 65.0 Å². The van der Waals surface area contributed by atoms with Gasteiger partial charge in [-0.1, -0.05) is 24.3 Å². The fraction of sp³-hybridized carbons (Fsp3) is 0.409. The molecule has 2 aromatic carbocycles. The van der Waals surface area contributed by atoms with Gasteiger partial charge in [-0.2, -0.15) is 0 Å². The van der Waals surface area contributed by atoms with E-state index >= 15 is 0 Å². The number of aryl methyl sites for hydroxylation is 1. The summed E-state index contributed by atoms with van der Waals surface area (Å²) in [6.07, 6.45) is 3.72. The average Bonchev–Trinajstić information content (AvgIpc) is 2.70. The van der Waals surface area contributed by atoms with Gasteiger partial charge in [-0.3, -0.25) is 4.90 Å². The van der Waals surface area contributed by atoms with E-state index < -0.39 is 0 Å². The number of nitrogens with zero attached hydrogens (tertiary/aromatic N) is 1. The Labute approximate surface area is 158 Å². The zero-order valence-corrected chi connectivity index (χ0v) is 15.5. The number of rotatable bonds is 3. The molecule has 1 saturated heterocycles. The summed E-state index contributed by atoms with van der Waals surface area (Å²) in [5, 5.41) is 0. The van der Waals surface area contributed by atoms with Crippen LogP contribution in [0.1, 0.15) is 40.7 Å². The van der Waals surface area contributed by atoms with Crippen molar-refractivity contribution in [2.45, 2.75) is 37.8 Å². The second kappa shape index (κ2) is 7.31. The van der Waals surface area contributed by atoms with Crippen LogP contribution in [0.5, 0.6) is 5.75 Å². The minimum Gasteiger partial charge on any atom is -0.486 e. The molecule has 0 saturated carbocycles. The number of benzene rings is 2. The zero-order chi connectivity index (χ0) is 18.9. The fourth-order valence-corrected chi connectivity index (χ4v) is 4.12. The topological polar surface area (TPSA) is 38.8 Å². The molecule has 0 aromatic heterocycles. The largest absolute Gasteiger partial charge is 0.486 e. The van der Waals surface area contributed by atoms with Gasteiger partial charge < -0.3 is 9.47 Å². The standard InChI is InChI=1S/C22H24FNO3/c1-26-21(25)19-4-2-3-17-9-10-22(27-20(17)19)11-13-24(14-12-22)15-16-5-7-18(23)8-6-16/h2-8H,9-15H2,1H3. The van der Waals surface area contributed by atoms with E-state index in [0.717, 1.165) is 56.4 Å². The summed E-state index contributed by atoms with van der Waals surface area (Å²) in [6, 6.07) is 12.4. The van der Waals surface area contributed by atoms with Crippen molar-refractivity contribution in [2.75, 3.05) is 20.2 Å². The molecule has 1 spiro atoms. The molecular formula is C22H24FNO3. The molecule has 5 heteroatoms. The van der Waals surface area contributed by atoms with Crippen LogP contribution in [0.15, 0.2) is 42.5 Å². The number of halogens is 1. The number of piperidine rings is 1. The van der Waals surface area contributed by atoms with E-state index in [1.54, 1.807) is 6.07 Å². The molecule has 0 unspecified atom stereocenters. The summed E-state index contributed by atoms with van der Waals surface area (Å²) in [5.74, 6) is 0.146. The van der Waals surface area contributed by atoms with Gasteiger partial charge in [0.1, 0.15) is 22.7 Å². The SMILES string of the molecule is COC(=O)c1cccc2c1OC1(CC2)CCN(Cc2ccc(F)cc2)CC1. The number of esters is 1. The molecule has 2 aliphatic rings. The van der Waals surface area contributed by atoms with E-state index in [4.69, 9.17) is 9.47 Å². The molecule has 2 aromatic rings. The lowest BCUT2D eigenvalue weighted by atomic mass is 9.82. The van der Waals surface area contributed by atoms with Crippen LogP contribution < -0.4 is 4.74 Å². The number of hydrogen-bond acceptors (Lipinski definition) is 4. The molecule has 0 amide bonds. The van der Waals surface area contributed by atoms with Crippen LogP contribution in [-0.2, 0) is 17.7 Å². The number of carbonyl (C=O) groups is 1. The predicted octanol–water partition coefficient (Wildman–Crippen LogP) is 3.97. The summed E-state index contributed by atoms with van der Waals surface area (Å²) in [7, 11) is 1.40. The molecule has 0 N–H and O–H groups in total. The molecular weight excluding hydrogens is 345 g/mol. The lowest BCUT2D eigenvalue weighted by Gasteiger charge is -2.45. The molecule has 2 heterocycles. The monoisotopic (exact) mass is 369 g/mol. The number of para-hydroxylation sites is 1. The van der Waals surface area contributed by atoms with E-state index in [0.29, 0.717) is 11.3 Å². The third-order valence-corrected chi connectivity index (χ3v) is 5.76. The van der Waals surface area contributed by atoms with Crippen LogP contribution in [0.4, 0.5) is 4.39 Å². The van der Waals surface area contributed by atoms with Crippen LogP contribution in [-0.4, -0.2) is 36.7 Å². The first-order valence-corrected chi connectivity index (χ1v) is 9.45. The summed E-state index contributed by atoms with van der Waals surface area (Å²) in [4.78, 5) is 14.5. The Morgan fingerprint density at radius 2 is 1.89 bits per heavy atom. The number of likely N-dealkylation sites (tertiary alicyclic amines) is 1. The molecule has 0 radical (unpaired) electrons. The highest BCUT2D eigenvalue weighted by Crippen LogP contribution is 2.41. The molecule has 1 fully saturated rings. The second-order valence-electron chi connectivity index (χ2n) is 7.47. The summed E-state index contributed by atoms with van der Waals surface area (Å²) in [5.41, 5.74) is 2.51. The maximum absolute atomic E-state index is 13.1. The Balaban J connectivity index is 1.45. The Bertz CT molecular complexity index is 826. The molecule has 4 nitrogen and oxygen atoms in total. The smallest absolute Gasteiger partial charge is 0.341 e. The first-order valence-electron chi connectivity index (χ1n) is 9.45. The minimum absolute atomic E-state index is 0.202. The lowest BCUT2D eigenvalue weighted by Crippen LogP contribution is -2.49. The molecule has 2 aliphatic heterocycles. The van der Waals surface area contributed by atoms with E-state index in [1.165, 1.54) is 19.2 Å². The van der Waals surface area contributed by atoms with Gasteiger partial charge in [-0.25, -0.2) is 9.18 Å². The minimum atomic E-state index is -0.349. The van der Waals surface area contributed by atoms with Gasteiger partial charge in [0, 0.05) is 19.6 Å². The van der Waals surface area contributed by atoms with Gasteiger partial charge in [-0.15, -0.1) is 0 Å². The van der Waals surface area contributed by atoms with Crippen molar-refractivity contribution < 1.29 is 18.7 Å². The third kappa shape index (κ3) is 3.69. The van der Waals surface area contributed by atoms with Crippen LogP contribution in [0, 0.1) is 5.82 Å². The van der Waals surface area contributed by atoms with Crippen molar-refractivity contribution >= 4 is 5.97 Å². The Kier molecular flexibility index (Phi) is 4.87.